The molecular weight excluding hydrogens is 218 g/mol. The molecule has 0 bridgehead atoms. The molecule has 0 aliphatic carbocycles. The molecule has 1 aromatic heterocycles. The van der Waals surface area contributed by atoms with Crippen LogP contribution in [0.5, 0.6) is 0 Å². The molecule has 4 nitrogen and oxygen atoms in total. The van der Waals surface area contributed by atoms with Gasteiger partial charge in [-0.15, -0.1) is 0 Å². The van der Waals surface area contributed by atoms with Crippen LogP contribution in [0.4, 0.5) is 0 Å². The lowest BCUT2D eigenvalue weighted by molar-refractivity contribution is 0.0698. The van der Waals surface area contributed by atoms with Crippen molar-refractivity contribution in [3.05, 3.63) is 35.0 Å². The third-order valence-electron chi connectivity index (χ3n) is 2.88. The first-order chi connectivity index (χ1) is 8.06. The van der Waals surface area contributed by atoms with E-state index in [0.717, 1.165) is 10.9 Å². The van der Waals surface area contributed by atoms with E-state index in [1.807, 2.05) is 13.0 Å². The van der Waals surface area contributed by atoms with Crippen LogP contribution in [0.15, 0.2) is 18.2 Å². The fraction of sp³-hybridized carbons (Fsp3) is 0.231. The predicted molar refractivity (Wildman–Crippen MR) is 64.6 cm³/mol. The maximum Gasteiger partial charge on any atom is 0.337 e. The number of hydrogen-bond donors (Lipinski definition) is 2. The predicted octanol–water partition coefficient (Wildman–Crippen LogP) is 2.63. The summed E-state index contributed by atoms with van der Waals surface area (Å²) >= 11 is 0. The Bertz CT molecular complexity index is 610. The van der Waals surface area contributed by atoms with Crippen LogP contribution in [0.3, 0.4) is 0 Å². The van der Waals surface area contributed by atoms with Crippen LogP contribution in [0.1, 0.15) is 40.3 Å². The molecule has 17 heavy (non-hydrogen) atoms. The number of para-hydroxylation sites is 1. The summed E-state index contributed by atoms with van der Waals surface area (Å²) < 4.78 is 0. The number of carboxylic acids is 1. The lowest BCUT2D eigenvalue weighted by Crippen LogP contribution is -1.98. The second-order valence-corrected chi connectivity index (χ2v) is 3.92. The van der Waals surface area contributed by atoms with Gasteiger partial charge in [-0.25, -0.2) is 4.79 Å². The number of H-pyrrole nitrogens is 1. The Hall–Kier alpha value is -2.10. The minimum atomic E-state index is -0.991. The van der Waals surface area contributed by atoms with Crippen molar-refractivity contribution in [2.24, 2.45) is 0 Å². The average Bonchev–Trinajstić information content (AvgIpc) is 2.66. The second kappa shape index (κ2) is 4.05. The minimum absolute atomic E-state index is 0.0746. The Balaban J connectivity index is 2.85. The van der Waals surface area contributed by atoms with Gasteiger partial charge in [-0.05, 0) is 18.1 Å². The molecule has 0 atom stereocenters. The zero-order valence-corrected chi connectivity index (χ0v) is 9.70. The van der Waals surface area contributed by atoms with Crippen molar-refractivity contribution >= 4 is 22.7 Å². The molecule has 0 unspecified atom stereocenters. The Morgan fingerprint density at radius 3 is 2.59 bits per heavy atom. The van der Waals surface area contributed by atoms with Crippen molar-refractivity contribution in [2.75, 3.05) is 0 Å². The van der Waals surface area contributed by atoms with Crippen molar-refractivity contribution in [3.63, 3.8) is 0 Å². The summed E-state index contributed by atoms with van der Waals surface area (Å²) in [7, 11) is 0. The van der Waals surface area contributed by atoms with Crippen molar-refractivity contribution in [3.8, 4) is 0 Å². The van der Waals surface area contributed by atoms with E-state index in [0.29, 0.717) is 17.6 Å². The molecule has 1 heterocycles. The molecule has 0 saturated heterocycles. The maximum atomic E-state index is 11.5. The molecule has 0 radical (unpaired) electrons. The quantitative estimate of drug-likeness (QED) is 0.798. The third kappa shape index (κ3) is 1.71. The van der Waals surface area contributed by atoms with Crippen LogP contribution >= 0.6 is 0 Å². The number of aromatic amines is 1. The summed E-state index contributed by atoms with van der Waals surface area (Å²) in [6, 6.07) is 5.07. The van der Waals surface area contributed by atoms with E-state index in [-0.39, 0.29) is 11.3 Å². The lowest BCUT2D eigenvalue weighted by Gasteiger charge is -1.98. The fourth-order valence-electron chi connectivity index (χ4n) is 2.12. The zero-order valence-electron chi connectivity index (χ0n) is 9.70. The molecule has 0 aliphatic rings. The number of fused-ring (bicyclic) bond motifs is 1. The lowest BCUT2D eigenvalue weighted by atomic mass is 10.0. The van der Waals surface area contributed by atoms with E-state index in [1.54, 1.807) is 6.07 Å². The summed E-state index contributed by atoms with van der Waals surface area (Å²) in [6.07, 6.45) is 0.692. The smallest absolute Gasteiger partial charge is 0.337 e. The van der Waals surface area contributed by atoms with E-state index in [4.69, 9.17) is 5.11 Å². The van der Waals surface area contributed by atoms with Crippen LogP contribution in [-0.4, -0.2) is 21.8 Å². The maximum absolute atomic E-state index is 11.5. The highest BCUT2D eigenvalue weighted by molar-refractivity contribution is 6.07. The van der Waals surface area contributed by atoms with Crippen LogP contribution in [0.2, 0.25) is 0 Å². The van der Waals surface area contributed by atoms with Gasteiger partial charge in [0.05, 0.1) is 16.8 Å². The first-order valence-electron chi connectivity index (χ1n) is 5.44. The monoisotopic (exact) mass is 231 g/mol. The average molecular weight is 231 g/mol. The highest BCUT2D eigenvalue weighted by Gasteiger charge is 2.17. The number of benzene rings is 1. The molecule has 4 heteroatoms. The number of hydrogen-bond acceptors (Lipinski definition) is 2. The Kier molecular flexibility index (Phi) is 2.71. The molecular formula is C13H13NO3. The fourth-order valence-corrected chi connectivity index (χ4v) is 2.12. The van der Waals surface area contributed by atoms with Gasteiger partial charge in [0.1, 0.15) is 0 Å². The van der Waals surface area contributed by atoms with Crippen molar-refractivity contribution in [1.82, 2.24) is 4.98 Å². The number of carbonyl (C=O) groups is 2. The normalized spacial score (nSPS) is 10.7. The largest absolute Gasteiger partial charge is 0.478 e. The number of carboxylic acid groups (broad SMARTS) is 1. The Morgan fingerprint density at radius 2 is 2.06 bits per heavy atom. The topological polar surface area (TPSA) is 70.2 Å². The number of ketones is 1. The number of carbonyl (C=O) groups excluding carboxylic acids is 1. The third-order valence-corrected chi connectivity index (χ3v) is 2.88. The molecule has 2 aromatic rings. The molecule has 2 rings (SSSR count). The first-order valence-corrected chi connectivity index (χ1v) is 5.44. The minimum Gasteiger partial charge on any atom is -0.478 e. The van der Waals surface area contributed by atoms with Gasteiger partial charge in [0.2, 0.25) is 0 Å². The second-order valence-electron chi connectivity index (χ2n) is 3.92. The van der Waals surface area contributed by atoms with Gasteiger partial charge in [-0.2, -0.15) is 0 Å². The number of aromatic carboxylic acids is 1. The summed E-state index contributed by atoms with van der Waals surface area (Å²) in [5.41, 5.74) is 2.12. The number of Topliss-reactive ketones (excluding diaryl/α,β-unsaturated/α-hetero) is 1. The number of aryl methyl sites for hydroxylation is 1. The number of nitrogens with one attached hydrogen (secondary N) is 1. The molecule has 2 N–H and O–H groups in total. The van der Waals surface area contributed by atoms with Gasteiger partial charge < -0.3 is 10.1 Å². The van der Waals surface area contributed by atoms with Crippen LogP contribution in [0, 0.1) is 0 Å². The SMILES string of the molecule is CCc1c(C(C)=O)[nH]c2c(C(=O)O)cccc12. The number of aromatic nitrogens is 1. The molecule has 0 spiro atoms. The zero-order chi connectivity index (χ0) is 12.6. The Morgan fingerprint density at radius 1 is 1.35 bits per heavy atom. The summed E-state index contributed by atoms with van der Waals surface area (Å²) in [4.78, 5) is 25.5. The van der Waals surface area contributed by atoms with Gasteiger partial charge in [-0.1, -0.05) is 19.1 Å². The van der Waals surface area contributed by atoms with Gasteiger partial charge in [0.15, 0.2) is 5.78 Å². The molecule has 0 aliphatic heterocycles. The summed E-state index contributed by atoms with van der Waals surface area (Å²) in [5.74, 6) is -1.07. The van der Waals surface area contributed by atoms with E-state index in [2.05, 4.69) is 4.98 Å². The summed E-state index contributed by atoms with van der Waals surface area (Å²) in [5, 5.41) is 9.91. The van der Waals surface area contributed by atoms with Crippen LogP contribution in [0.25, 0.3) is 10.9 Å². The van der Waals surface area contributed by atoms with Crippen LogP contribution in [-0.2, 0) is 6.42 Å². The standard InChI is InChI=1S/C13H13NO3/c1-3-8-9-5-4-6-10(13(16)17)12(9)14-11(8)7(2)15/h4-6,14H,3H2,1-2H3,(H,16,17). The molecule has 0 fully saturated rings. The van der Waals surface area contributed by atoms with Gasteiger partial charge in [0, 0.05) is 12.3 Å². The van der Waals surface area contributed by atoms with Crippen molar-refractivity contribution in [1.29, 1.82) is 0 Å². The van der Waals surface area contributed by atoms with E-state index >= 15 is 0 Å². The van der Waals surface area contributed by atoms with E-state index in [9.17, 15) is 9.59 Å². The van der Waals surface area contributed by atoms with Gasteiger partial charge >= 0.3 is 5.97 Å². The van der Waals surface area contributed by atoms with Gasteiger partial charge in [-0.3, -0.25) is 4.79 Å². The van der Waals surface area contributed by atoms with Crippen molar-refractivity contribution in [2.45, 2.75) is 20.3 Å². The highest BCUT2D eigenvalue weighted by Crippen LogP contribution is 2.26. The van der Waals surface area contributed by atoms with Crippen molar-refractivity contribution < 1.29 is 14.7 Å². The van der Waals surface area contributed by atoms with E-state index in [1.165, 1.54) is 13.0 Å². The highest BCUT2D eigenvalue weighted by atomic mass is 16.4. The number of rotatable bonds is 3. The molecule has 1 aromatic carbocycles. The van der Waals surface area contributed by atoms with Gasteiger partial charge in [0.25, 0.3) is 0 Å². The molecule has 0 saturated carbocycles. The Labute approximate surface area is 98.3 Å². The summed E-state index contributed by atoms with van der Waals surface area (Å²) in [6.45, 7) is 3.42. The van der Waals surface area contributed by atoms with Crippen LogP contribution < -0.4 is 0 Å². The first kappa shape index (κ1) is 11.4. The molecule has 88 valence electrons. The van der Waals surface area contributed by atoms with E-state index < -0.39 is 5.97 Å². The molecule has 0 amide bonds.